The molecular weight excluding hydrogens is 314 g/mol. The Labute approximate surface area is 121 Å². The van der Waals surface area contributed by atoms with Gasteiger partial charge in [-0.25, -0.2) is 0 Å². The van der Waals surface area contributed by atoms with Gasteiger partial charge in [0.1, 0.15) is 11.9 Å². The SMILES string of the molecule is CN1[C@@H]2C=C[C@H]1CC(Oc1ccc(Cl)c(Br)c1)C2. The molecule has 1 fully saturated rings. The Hall–Kier alpha value is -0.510. The summed E-state index contributed by atoms with van der Waals surface area (Å²) in [6, 6.07) is 6.80. The number of hydrogen-bond donors (Lipinski definition) is 0. The maximum atomic E-state index is 6.06. The number of nitrogens with zero attached hydrogens (tertiary/aromatic N) is 1. The molecule has 0 radical (unpaired) electrons. The van der Waals surface area contributed by atoms with E-state index in [2.05, 4.69) is 40.0 Å². The zero-order chi connectivity index (χ0) is 12.7. The van der Waals surface area contributed by atoms with Crippen LogP contribution in [0.1, 0.15) is 12.8 Å². The third-order valence-electron chi connectivity index (χ3n) is 3.80. The number of piperidine rings is 1. The molecule has 2 aliphatic heterocycles. The molecule has 2 aliphatic rings. The Morgan fingerprint density at radius 2 is 1.94 bits per heavy atom. The molecule has 4 heteroatoms. The van der Waals surface area contributed by atoms with Crippen molar-refractivity contribution in [1.29, 1.82) is 0 Å². The molecule has 0 spiro atoms. The summed E-state index contributed by atoms with van der Waals surface area (Å²) < 4.78 is 6.95. The van der Waals surface area contributed by atoms with Crippen molar-refractivity contribution in [3.05, 3.63) is 39.8 Å². The molecule has 96 valence electrons. The van der Waals surface area contributed by atoms with Gasteiger partial charge in [0.05, 0.1) is 5.02 Å². The Bertz CT molecular complexity index is 475. The predicted molar refractivity (Wildman–Crippen MR) is 77.3 cm³/mol. The monoisotopic (exact) mass is 327 g/mol. The predicted octanol–water partition coefficient (Wildman–Crippen LogP) is 3.88. The lowest BCUT2D eigenvalue weighted by Crippen LogP contribution is -2.44. The number of benzene rings is 1. The van der Waals surface area contributed by atoms with Crippen LogP contribution >= 0.6 is 27.5 Å². The van der Waals surface area contributed by atoms with E-state index in [1.165, 1.54) is 0 Å². The molecule has 3 rings (SSSR count). The minimum atomic E-state index is 0.291. The van der Waals surface area contributed by atoms with Crippen LogP contribution in [0.3, 0.4) is 0 Å². The third-order valence-corrected chi connectivity index (χ3v) is 5.02. The van der Waals surface area contributed by atoms with Crippen LogP contribution < -0.4 is 4.74 Å². The van der Waals surface area contributed by atoms with E-state index in [9.17, 15) is 0 Å². The van der Waals surface area contributed by atoms with Crippen LogP contribution in [0.4, 0.5) is 0 Å². The first-order valence-corrected chi connectivity index (χ1v) is 7.32. The van der Waals surface area contributed by atoms with Crippen LogP contribution in [0.25, 0.3) is 0 Å². The molecule has 3 atom stereocenters. The summed E-state index contributed by atoms with van der Waals surface area (Å²) in [4.78, 5) is 2.41. The Morgan fingerprint density at radius 3 is 2.56 bits per heavy atom. The lowest BCUT2D eigenvalue weighted by Gasteiger charge is -2.36. The Morgan fingerprint density at radius 1 is 1.28 bits per heavy atom. The van der Waals surface area contributed by atoms with Crippen molar-refractivity contribution in [2.24, 2.45) is 0 Å². The molecule has 18 heavy (non-hydrogen) atoms. The van der Waals surface area contributed by atoms with Crippen molar-refractivity contribution in [3.63, 3.8) is 0 Å². The summed E-state index contributed by atoms with van der Waals surface area (Å²) in [5.41, 5.74) is 0. The van der Waals surface area contributed by atoms with E-state index < -0.39 is 0 Å². The van der Waals surface area contributed by atoms with Crippen molar-refractivity contribution in [1.82, 2.24) is 4.90 Å². The van der Waals surface area contributed by atoms with E-state index in [0.717, 1.165) is 23.1 Å². The van der Waals surface area contributed by atoms with Gasteiger partial charge in [0.25, 0.3) is 0 Å². The van der Waals surface area contributed by atoms with Crippen molar-refractivity contribution < 1.29 is 4.74 Å². The summed E-state index contributed by atoms with van der Waals surface area (Å²) >= 11 is 9.40. The molecule has 0 saturated carbocycles. The van der Waals surface area contributed by atoms with Gasteiger partial charge in [-0.3, -0.25) is 4.90 Å². The quantitative estimate of drug-likeness (QED) is 0.764. The standard InChI is InChI=1S/C14H15BrClNO/c1-17-9-2-3-10(17)7-12(6-9)18-11-4-5-14(16)13(15)8-11/h2-5,8-10,12H,6-7H2,1H3/t9-,10+,12?. The highest BCUT2D eigenvalue weighted by atomic mass is 79.9. The van der Waals surface area contributed by atoms with Crippen LogP contribution in [0.2, 0.25) is 5.02 Å². The summed E-state index contributed by atoms with van der Waals surface area (Å²) in [6.45, 7) is 0. The zero-order valence-electron chi connectivity index (χ0n) is 10.1. The van der Waals surface area contributed by atoms with Crippen molar-refractivity contribution in [3.8, 4) is 5.75 Å². The Balaban J connectivity index is 1.69. The van der Waals surface area contributed by atoms with Gasteiger partial charge in [-0.15, -0.1) is 0 Å². The minimum absolute atomic E-state index is 0.291. The van der Waals surface area contributed by atoms with Crippen molar-refractivity contribution >= 4 is 27.5 Å². The highest BCUT2D eigenvalue weighted by molar-refractivity contribution is 9.10. The molecule has 1 unspecified atom stereocenters. The fourth-order valence-electron chi connectivity index (χ4n) is 2.74. The van der Waals surface area contributed by atoms with E-state index in [4.69, 9.17) is 16.3 Å². The number of hydrogen-bond acceptors (Lipinski definition) is 2. The highest BCUT2D eigenvalue weighted by Crippen LogP contribution is 2.33. The van der Waals surface area contributed by atoms with Crippen LogP contribution in [0.15, 0.2) is 34.8 Å². The van der Waals surface area contributed by atoms with E-state index in [1.54, 1.807) is 0 Å². The summed E-state index contributed by atoms with van der Waals surface area (Å²) in [5.74, 6) is 0.889. The highest BCUT2D eigenvalue weighted by Gasteiger charge is 2.35. The van der Waals surface area contributed by atoms with Crippen LogP contribution in [0.5, 0.6) is 5.75 Å². The van der Waals surface area contributed by atoms with E-state index >= 15 is 0 Å². The molecule has 1 saturated heterocycles. The summed E-state index contributed by atoms with van der Waals surface area (Å²) in [6.07, 6.45) is 7.00. The first-order chi connectivity index (χ1) is 8.63. The molecular formula is C14H15BrClNO. The van der Waals surface area contributed by atoms with Crippen LogP contribution in [-0.2, 0) is 0 Å². The maximum absolute atomic E-state index is 6.06. The average molecular weight is 329 g/mol. The van der Waals surface area contributed by atoms with Crippen LogP contribution in [0, 0.1) is 0 Å². The summed E-state index contributed by atoms with van der Waals surface area (Å²) in [5, 5.41) is 0.715. The van der Waals surface area contributed by atoms with E-state index in [-0.39, 0.29) is 0 Å². The zero-order valence-corrected chi connectivity index (χ0v) is 12.5. The molecule has 2 heterocycles. The third kappa shape index (κ3) is 2.31. The van der Waals surface area contributed by atoms with Gasteiger partial charge in [-0.2, -0.15) is 0 Å². The number of halogens is 2. The molecule has 0 amide bonds. The van der Waals surface area contributed by atoms with Gasteiger partial charge in [-0.1, -0.05) is 23.8 Å². The molecule has 0 aliphatic carbocycles. The van der Waals surface area contributed by atoms with Gasteiger partial charge < -0.3 is 4.74 Å². The average Bonchev–Trinajstić information content (AvgIpc) is 2.58. The van der Waals surface area contributed by atoms with Crippen LogP contribution in [-0.4, -0.2) is 30.1 Å². The smallest absolute Gasteiger partial charge is 0.120 e. The lowest BCUT2D eigenvalue weighted by molar-refractivity contribution is 0.0751. The van der Waals surface area contributed by atoms with Crippen molar-refractivity contribution in [2.75, 3.05) is 7.05 Å². The lowest BCUT2D eigenvalue weighted by atomic mass is 9.99. The number of fused-ring (bicyclic) bond motifs is 2. The first-order valence-electron chi connectivity index (χ1n) is 6.15. The topological polar surface area (TPSA) is 12.5 Å². The number of ether oxygens (including phenoxy) is 1. The number of rotatable bonds is 2. The van der Waals surface area contributed by atoms with Gasteiger partial charge >= 0.3 is 0 Å². The minimum Gasteiger partial charge on any atom is -0.490 e. The first kappa shape index (κ1) is 12.5. The van der Waals surface area contributed by atoms with Crippen molar-refractivity contribution in [2.45, 2.75) is 31.0 Å². The van der Waals surface area contributed by atoms with E-state index in [1.807, 2.05) is 18.2 Å². The number of likely N-dealkylation sites (N-methyl/N-ethyl adjacent to an activating group) is 1. The molecule has 2 nitrogen and oxygen atoms in total. The van der Waals surface area contributed by atoms with E-state index in [0.29, 0.717) is 23.2 Å². The molecule has 0 N–H and O–H groups in total. The van der Waals surface area contributed by atoms with Gasteiger partial charge in [-0.05, 0) is 41.2 Å². The fourth-order valence-corrected chi connectivity index (χ4v) is 3.21. The fraction of sp³-hybridized carbons (Fsp3) is 0.429. The largest absolute Gasteiger partial charge is 0.490 e. The van der Waals surface area contributed by atoms with Gasteiger partial charge in [0.15, 0.2) is 0 Å². The maximum Gasteiger partial charge on any atom is 0.120 e. The molecule has 0 aromatic heterocycles. The van der Waals surface area contributed by atoms with Gasteiger partial charge in [0.2, 0.25) is 0 Å². The second-order valence-electron chi connectivity index (χ2n) is 4.97. The molecule has 1 aromatic carbocycles. The second-order valence-corrected chi connectivity index (χ2v) is 6.23. The molecule has 1 aromatic rings. The molecule has 2 bridgehead atoms. The summed E-state index contributed by atoms with van der Waals surface area (Å²) in [7, 11) is 2.18. The van der Waals surface area contributed by atoms with Gasteiger partial charge in [0, 0.05) is 29.4 Å². The second kappa shape index (κ2) is 4.87. The Kier molecular flexibility index (Phi) is 3.39. The normalized spacial score (nSPS) is 30.7.